The zero-order valence-corrected chi connectivity index (χ0v) is 24.5. The number of carbonyl (C=O) groups is 2. The lowest BCUT2D eigenvalue weighted by Gasteiger charge is -2.48. The lowest BCUT2D eigenvalue weighted by Crippen LogP contribution is -2.65. The molecule has 2 fully saturated rings. The molecule has 0 heterocycles. The molecule has 7 heteroatoms. The Morgan fingerprint density at radius 1 is 1.03 bits per heavy atom. The van der Waals surface area contributed by atoms with Gasteiger partial charge in [-0.15, -0.1) is 0 Å². The number of carbonyl (C=O) groups excluding carboxylic acids is 2. The van der Waals surface area contributed by atoms with Crippen LogP contribution in [0.1, 0.15) is 105 Å². The van der Waals surface area contributed by atoms with Crippen LogP contribution in [0.25, 0.3) is 0 Å². The maximum absolute atomic E-state index is 14.4. The molecule has 0 unspecified atom stereocenters. The number of aliphatic hydroxyl groups excluding tert-OH is 3. The molecule has 4 rings (SSSR count). The van der Waals surface area contributed by atoms with Gasteiger partial charge in [0.15, 0.2) is 5.78 Å². The Morgan fingerprint density at radius 3 is 2.21 bits per heavy atom. The molecule has 220 valence electrons. The van der Waals surface area contributed by atoms with E-state index in [9.17, 15) is 30.0 Å². The first-order valence-corrected chi connectivity index (χ1v) is 15.2. The van der Waals surface area contributed by atoms with Crippen LogP contribution < -0.4 is 0 Å². The third kappa shape index (κ3) is 4.47. The number of ether oxygens (including phenoxy) is 1. The minimum absolute atomic E-state index is 0.117. The highest BCUT2D eigenvalue weighted by atomic mass is 16.6. The zero-order valence-electron chi connectivity index (χ0n) is 24.5. The molecular weight excluding hydrogens is 496 g/mol. The quantitative estimate of drug-likeness (QED) is 0.162. The molecule has 0 saturated heterocycles. The van der Waals surface area contributed by atoms with Gasteiger partial charge >= 0.3 is 5.97 Å². The fourth-order valence-corrected chi connectivity index (χ4v) is 8.56. The van der Waals surface area contributed by atoms with E-state index in [1.165, 1.54) is 38.5 Å². The molecule has 0 aliphatic heterocycles. The van der Waals surface area contributed by atoms with Crippen molar-refractivity contribution >= 4 is 11.8 Å². The number of ketones is 1. The van der Waals surface area contributed by atoms with Crippen molar-refractivity contribution in [3.8, 4) is 0 Å². The van der Waals surface area contributed by atoms with Gasteiger partial charge in [-0.25, -0.2) is 0 Å². The number of unbranched alkanes of at least 4 members (excludes halogenated alkanes) is 8. The third-order valence-electron chi connectivity index (χ3n) is 10.8. The number of hydrogen-bond acceptors (Lipinski definition) is 7. The van der Waals surface area contributed by atoms with Crippen molar-refractivity contribution in [2.75, 3.05) is 6.61 Å². The molecule has 0 amide bonds. The average Bonchev–Trinajstić information content (AvgIpc) is 3.30. The van der Waals surface area contributed by atoms with E-state index in [2.05, 4.69) is 6.92 Å². The Bertz CT molecular complexity index is 1010. The van der Waals surface area contributed by atoms with Crippen LogP contribution in [0.5, 0.6) is 0 Å². The molecular formula is C32H50O7. The minimum Gasteiger partial charge on any atom is -0.458 e. The Balaban J connectivity index is 1.53. The van der Waals surface area contributed by atoms with Crippen molar-refractivity contribution in [2.45, 2.75) is 129 Å². The molecule has 0 radical (unpaired) electrons. The summed E-state index contributed by atoms with van der Waals surface area (Å²) in [5.41, 5.74) is -4.64. The van der Waals surface area contributed by atoms with Gasteiger partial charge in [-0.2, -0.15) is 0 Å². The van der Waals surface area contributed by atoms with E-state index < -0.39 is 52.7 Å². The van der Waals surface area contributed by atoms with Crippen molar-refractivity contribution < 1.29 is 34.8 Å². The van der Waals surface area contributed by atoms with Crippen LogP contribution in [0.2, 0.25) is 0 Å². The molecule has 0 aromatic heterocycles. The topological polar surface area (TPSA) is 124 Å². The van der Waals surface area contributed by atoms with Gasteiger partial charge in [-0.3, -0.25) is 9.59 Å². The van der Waals surface area contributed by atoms with Crippen molar-refractivity contribution in [1.29, 1.82) is 0 Å². The van der Waals surface area contributed by atoms with Crippen LogP contribution in [0.15, 0.2) is 23.3 Å². The summed E-state index contributed by atoms with van der Waals surface area (Å²) in [6.45, 7) is 9.16. The third-order valence-corrected chi connectivity index (χ3v) is 10.8. The van der Waals surface area contributed by atoms with Gasteiger partial charge in [-0.05, 0) is 36.8 Å². The largest absolute Gasteiger partial charge is 0.458 e. The van der Waals surface area contributed by atoms with E-state index in [0.29, 0.717) is 18.4 Å². The molecule has 2 saturated carbocycles. The van der Waals surface area contributed by atoms with Crippen LogP contribution in [0, 0.1) is 28.6 Å². The Kier molecular flexibility index (Phi) is 8.61. The van der Waals surface area contributed by atoms with Crippen LogP contribution >= 0.6 is 0 Å². The van der Waals surface area contributed by atoms with Gasteiger partial charge < -0.3 is 25.2 Å². The van der Waals surface area contributed by atoms with Crippen LogP contribution in [-0.4, -0.2) is 62.2 Å². The first-order chi connectivity index (χ1) is 18.4. The number of allylic oxidation sites excluding steroid dienone is 1. The summed E-state index contributed by atoms with van der Waals surface area (Å²) in [4.78, 5) is 27.5. The molecule has 0 aromatic rings. The average molecular weight is 547 g/mol. The number of esters is 1. The van der Waals surface area contributed by atoms with E-state index in [0.717, 1.165) is 19.3 Å². The van der Waals surface area contributed by atoms with E-state index in [1.54, 1.807) is 19.1 Å². The maximum atomic E-state index is 14.4. The smallest absolute Gasteiger partial charge is 0.306 e. The van der Waals surface area contributed by atoms with Crippen LogP contribution in [-0.2, 0) is 14.3 Å². The molecule has 4 aliphatic carbocycles. The Morgan fingerprint density at radius 2 is 1.62 bits per heavy atom. The summed E-state index contributed by atoms with van der Waals surface area (Å²) in [6.07, 6.45) is 11.2. The standard InChI is InChI=1S/C32H50O7/c1-6-7-8-9-10-11-12-13-14-15-24(34)39-31-18-21(3)30-17-20(2)26(35)32(30,38)27(36)22(19-33)16-23(28(30)37)25(31)29(31,4)5/h16-17,21,23,25-27,33,35-36,38H,6-15,18-19H2,1-5H3/t21-,23-,25-,26+,27-,30-,31+,32-/m1/s1. The Labute approximate surface area is 233 Å². The Hall–Kier alpha value is -1.54. The van der Waals surface area contributed by atoms with Crippen molar-refractivity contribution in [1.82, 2.24) is 0 Å². The summed E-state index contributed by atoms with van der Waals surface area (Å²) < 4.78 is 6.31. The summed E-state index contributed by atoms with van der Waals surface area (Å²) in [5.74, 6) is -2.21. The number of rotatable bonds is 12. The molecule has 39 heavy (non-hydrogen) atoms. The number of aliphatic hydroxyl groups is 4. The monoisotopic (exact) mass is 546 g/mol. The number of Topliss-reactive ketones (excluding diaryl/α,β-unsaturated/α-hetero) is 1. The normalized spacial score (nSPS) is 40.1. The second-order valence-corrected chi connectivity index (χ2v) is 13.4. The molecule has 4 N–H and O–H groups in total. The molecule has 2 bridgehead atoms. The van der Waals surface area contributed by atoms with Gasteiger partial charge in [0.25, 0.3) is 0 Å². The maximum Gasteiger partial charge on any atom is 0.306 e. The van der Waals surface area contributed by atoms with Gasteiger partial charge in [0.05, 0.1) is 12.0 Å². The zero-order chi connectivity index (χ0) is 28.8. The molecule has 8 atom stereocenters. The highest BCUT2D eigenvalue weighted by molar-refractivity contribution is 5.95. The number of fused-ring (bicyclic) bond motifs is 3. The second-order valence-electron chi connectivity index (χ2n) is 13.4. The highest BCUT2D eigenvalue weighted by Crippen LogP contribution is 2.75. The van der Waals surface area contributed by atoms with Crippen LogP contribution in [0.4, 0.5) is 0 Å². The van der Waals surface area contributed by atoms with Gasteiger partial charge in [0, 0.05) is 23.7 Å². The fraction of sp³-hybridized carbons (Fsp3) is 0.812. The number of hydrogen-bond donors (Lipinski definition) is 4. The summed E-state index contributed by atoms with van der Waals surface area (Å²) >= 11 is 0. The van der Waals surface area contributed by atoms with Crippen molar-refractivity contribution in [3.63, 3.8) is 0 Å². The molecule has 0 aromatic carbocycles. The van der Waals surface area contributed by atoms with Crippen LogP contribution in [0.3, 0.4) is 0 Å². The van der Waals surface area contributed by atoms with Crippen molar-refractivity contribution in [2.24, 2.45) is 28.6 Å². The summed E-state index contributed by atoms with van der Waals surface area (Å²) in [7, 11) is 0. The predicted octanol–water partition coefficient (Wildman–Crippen LogP) is 4.40. The lowest BCUT2D eigenvalue weighted by molar-refractivity contribution is -0.191. The molecule has 4 aliphatic rings. The van der Waals surface area contributed by atoms with E-state index >= 15 is 0 Å². The van der Waals surface area contributed by atoms with E-state index in [4.69, 9.17) is 4.74 Å². The summed E-state index contributed by atoms with van der Waals surface area (Å²) in [5, 5.41) is 44.5. The first-order valence-electron chi connectivity index (χ1n) is 15.2. The summed E-state index contributed by atoms with van der Waals surface area (Å²) in [6, 6.07) is 0. The SMILES string of the molecule is CCCCCCCCCCCC(=O)O[C@@]12C[C@@H](C)[C@@]34C=C(C)[C@H](O)[C@@]3(O)[C@H](O)C(CO)=C[C@@H](C4=O)[C@@H]1C2(C)C. The fourth-order valence-electron chi connectivity index (χ4n) is 8.56. The van der Waals surface area contributed by atoms with Crippen molar-refractivity contribution in [3.05, 3.63) is 23.3 Å². The van der Waals surface area contributed by atoms with E-state index in [-0.39, 0.29) is 23.2 Å². The molecule has 1 spiro atoms. The van der Waals surface area contributed by atoms with Gasteiger partial charge in [0.2, 0.25) is 0 Å². The second kappa shape index (κ2) is 11.0. The predicted molar refractivity (Wildman–Crippen MR) is 149 cm³/mol. The van der Waals surface area contributed by atoms with Gasteiger partial charge in [-0.1, -0.05) is 91.2 Å². The minimum atomic E-state index is -2.21. The van der Waals surface area contributed by atoms with Gasteiger partial charge in [0.1, 0.15) is 23.4 Å². The molecule has 7 nitrogen and oxygen atoms in total. The van der Waals surface area contributed by atoms with E-state index in [1.807, 2.05) is 20.8 Å². The first kappa shape index (κ1) is 30.4. The lowest BCUT2D eigenvalue weighted by atomic mass is 9.59. The highest BCUT2D eigenvalue weighted by Gasteiger charge is 2.83.